The Hall–Kier alpha value is -1.34. The molecule has 4 heteroatoms. The Kier molecular flexibility index (Phi) is 3.71. The van der Waals surface area contributed by atoms with Crippen molar-refractivity contribution in [2.24, 2.45) is 0 Å². The van der Waals surface area contributed by atoms with Gasteiger partial charge in [-0.25, -0.2) is 8.42 Å². The number of hydrogen-bond donors (Lipinski definition) is 0. The molecule has 0 amide bonds. The molecule has 0 radical (unpaired) electrons. The first kappa shape index (κ1) is 12.7. The van der Waals surface area contributed by atoms with Crippen LogP contribution >= 0.6 is 0 Å². The molecule has 1 rings (SSSR count). The Bertz CT molecular complexity index is 495. The second-order valence-corrected chi connectivity index (χ2v) is 6.31. The lowest BCUT2D eigenvalue weighted by molar-refractivity contribution is 0.592. The first-order valence-electron chi connectivity index (χ1n) is 5.13. The molecule has 0 fully saturated rings. The van der Waals surface area contributed by atoms with Gasteiger partial charge in [-0.05, 0) is 30.5 Å². The molecule has 3 nitrogen and oxygen atoms in total. The van der Waals surface area contributed by atoms with Gasteiger partial charge in [0.05, 0.1) is 11.0 Å². The van der Waals surface area contributed by atoms with Crippen LogP contribution in [0.4, 0.5) is 0 Å². The number of hydrogen-bond acceptors (Lipinski definition) is 3. The van der Waals surface area contributed by atoms with Crippen molar-refractivity contribution in [1.82, 2.24) is 0 Å². The van der Waals surface area contributed by atoms with Crippen LogP contribution in [0.5, 0.6) is 0 Å². The average Bonchev–Trinajstić information content (AvgIpc) is 2.28. The van der Waals surface area contributed by atoms with Gasteiger partial charge in [-0.3, -0.25) is 0 Å². The van der Waals surface area contributed by atoms with Crippen LogP contribution in [0.3, 0.4) is 0 Å². The van der Waals surface area contributed by atoms with E-state index < -0.39 is 15.1 Å². The smallest absolute Gasteiger partial charge is 0.194 e. The third-order valence-electron chi connectivity index (χ3n) is 2.52. The standard InChI is InChI=1S/C12H15NO2S/c1-9(2)11-4-6-12(7-5-11)16(14,15)10(3)8-13/h4-7,9-10H,1-3H3. The first-order valence-corrected chi connectivity index (χ1v) is 6.67. The van der Waals surface area contributed by atoms with Gasteiger partial charge in [0.25, 0.3) is 0 Å². The van der Waals surface area contributed by atoms with E-state index in [2.05, 4.69) is 0 Å². The summed E-state index contributed by atoms with van der Waals surface area (Å²) in [5, 5.41) is 7.64. The predicted molar refractivity (Wildman–Crippen MR) is 62.8 cm³/mol. The zero-order valence-corrected chi connectivity index (χ0v) is 10.5. The molecular weight excluding hydrogens is 222 g/mol. The van der Waals surface area contributed by atoms with Crippen molar-refractivity contribution in [1.29, 1.82) is 5.26 Å². The normalized spacial score (nSPS) is 13.4. The van der Waals surface area contributed by atoms with Crippen LogP contribution in [0.15, 0.2) is 29.2 Å². The molecule has 0 bridgehead atoms. The van der Waals surface area contributed by atoms with Gasteiger partial charge in [-0.2, -0.15) is 5.26 Å². The molecule has 16 heavy (non-hydrogen) atoms. The lowest BCUT2D eigenvalue weighted by atomic mass is 10.0. The minimum absolute atomic E-state index is 0.214. The molecule has 1 aromatic rings. The van der Waals surface area contributed by atoms with E-state index >= 15 is 0 Å². The number of sulfone groups is 1. The molecule has 0 heterocycles. The van der Waals surface area contributed by atoms with Gasteiger partial charge in [0.2, 0.25) is 0 Å². The summed E-state index contributed by atoms with van der Waals surface area (Å²) in [5.41, 5.74) is 1.09. The zero-order valence-electron chi connectivity index (χ0n) is 9.64. The van der Waals surface area contributed by atoms with Gasteiger partial charge in [0.15, 0.2) is 9.84 Å². The maximum absolute atomic E-state index is 11.8. The summed E-state index contributed by atoms with van der Waals surface area (Å²) in [6, 6.07) is 8.48. The molecule has 0 saturated carbocycles. The summed E-state index contributed by atoms with van der Waals surface area (Å²) >= 11 is 0. The number of benzene rings is 1. The van der Waals surface area contributed by atoms with Crippen LogP contribution in [-0.4, -0.2) is 13.7 Å². The SMILES string of the molecule is CC(C)c1ccc(S(=O)(=O)C(C)C#N)cc1. The summed E-state index contributed by atoms with van der Waals surface area (Å²) in [5.74, 6) is 0.366. The topological polar surface area (TPSA) is 57.9 Å². The molecule has 0 spiro atoms. The lowest BCUT2D eigenvalue weighted by Crippen LogP contribution is -2.15. The third kappa shape index (κ3) is 2.42. The Morgan fingerprint density at radius 2 is 1.62 bits per heavy atom. The minimum Gasteiger partial charge on any atom is -0.222 e. The summed E-state index contributed by atoms with van der Waals surface area (Å²) in [6.07, 6.45) is 0. The quantitative estimate of drug-likeness (QED) is 0.811. The van der Waals surface area contributed by atoms with Crippen molar-refractivity contribution in [2.75, 3.05) is 0 Å². The van der Waals surface area contributed by atoms with E-state index in [1.807, 2.05) is 13.8 Å². The zero-order chi connectivity index (χ0) is 12.3. The Labute approximate surface area is 96.6 Å². The van der Waals surface area contributed by atoms with Crippen molar-refractivity contribution in [2.45, 2.75) is 36.8 Å². The highest BCUT2D eigenvalue weighted by Gasteiger charge is 2.22. The molecule has 0 saturated heterocycles. The van der Waals surface area contributed by atoms with E-state index in [4.69, 9.17) is 5.26 Å². The van der Waals surface area contributed by atoms with Gasteiger partial charge < -0.3 is 0 Å². The van der Waals surface area contributed by atoms with Crippen LogP contribution in [0.1, 0.15) is 32.3 Å². The molecular formula is C12H15NO2S. The molecule has 0 N–H and O–H groups in total. The number of nitriles is 1. The monoisotopic (exact) mass is 237 g/mol. The molecule has 1 aromatic carbocycles. The molecule has 0 aromatic heterocycles. The summed E-state index contributed by atoms with van der Waals surface area (Å²) in [6.45, 7) is 5.48. The summed E-state index contributed by atoms with van der Waals surface area (Å²) in [4.78, 5) is 0.214. The fourth-order valence-electron chi connectivity index (χ4n) is 1.32. The Balaban J connectivity index is 3.13. The fourth-order valence-corrected chi connectivity index (χ4v) is 2.38. The largest absolute Gasteiger partial charge is 0.222 e. The third-order valence-corrected chi connectivity index (χ3v) is 4.49. The van der Waals surface area contributed by atoms with E-state index in [0.29, 0.717) is 5.92 Å². The van der Waals surface area contributed by atoms with Crippen LogP contribution < -0.4 is 0 Å². The summed E-state index contributed by atoms with van der Waals surface area (Å²) < 4.78 is 23.6. The van der Waals surface area contributed by atoms with Crippen molar-refractivity contribution >= 4 is 9.84 Å². The van der Waals surface area contributed by atoms with Crippen LogP contribution in [0, 0.1) is 11.3 Å². The molecule has 86 valence electrons. The van der Waals surface area contributed by atoms with Crippen molar-refractivity contribution in [3.8, 4) is 6.07 Å². The highest BCUT2D eigenvalue weighted by molar-refractivity contribution is 7.92. The Morgan fingerprint density at radius 3 is 2.00 bits per heavy atom. The van der Waals surface area contributed by atoms with Gasteiger partial charge in [0, 0.05) is 0 Å². The van der Waals surface area contributed by atoms with Gasteiger partial charge in [-0.1, -0.05) is 26.0 Å². The number of nitrogens with zero attached hydrogens (tertiary/aromatic N) is 1. The second-order valence-electron chi connectivity index (χ2n) is 4.04. The highest BCUT2D eigenvalue weighted by atomic mass is 32.2. The molecule has 0 aliphatic rings. The van der Waals surface area contributed by atoms with E-state index in [1.165, 1.54) is 6.92 Å². The molecule has 0 aliphatic heterocycles. The van der Waals surface area contributed by atoms with Crippen molar-refractivity contribution < 1.29 is 8.42 Å². The van der Waals surface area contributed by atoms with Gasteiger partial charge in [0.1, 0.15) is 5.25 Å². The predicted octanol–water partition coefficient (Wildman–Crippen LogP) is 2.50. The molecule has 1 atom stereocenters. The summed E-state index contributed by atoms with van der Waals surface area (Å²) in [7, 11) is -3.49. The van der Waals surface area contributed by atoms with Crippen LogP contribution in [0.2, 0.25) is 0 Å². The second kappa shape index (κ2) is 4.67. The maximum Gasteiger partial charge on any atom is 0.194 e. The highest BCUT2D eigenvalue weighted by Crippen LogP contribution is 2.20. The average molecular weight is 237 g/mol. The van der Waals surface area contributed by atoms with Crippen LogP contribution in [0.25, 0.3) is 0 Å². The van der Waals surface area contributed by atoms with E-state index in [9.17, 15) is 8.42 Å². The fraction of sp³-hybridized carbons (Fsp3) is 0.417. The van der Waals surface area contributed by atoms with Crippen molar-refractivity contribution in [3.63, 3.8) is 0 Å². The van der Waals surface area contributed by atoms with Gasteiger partial charge >= 0.3 is 0 Å². The Morgan fingerprint density at radius 1 is 1.12 bits per heavy atom. The maximum atomic E-state index is 11.8. The van der Waals surface area contributed by atoms with E-state index in [1.54, 1.807) is 30.3 Å². The van der Waals surface area contributed by atoms with Crippen molar-refractivity contribution in [3.05, 3.63) is 29.8 Å². The lowest BCUT2D eigenvalue weighted by Gasteiger charge is -2.08. The molecule has 1 unspecified atom stereocenters. The van der Waals surface area contributed by atoms with E-state index in [0.717, 1.165) is 5.56 Å². The molecule has 0 aliphatic carbocycles. The number of rotatable bonds is 3. The van der Waals surface area contributed by atoms with E-state index in [-0.39, 0.29) is 4.90 Å². The van der Waals surface area contributed by atoms with Gasteiger partial charge in [-0.15, -0.1) is 0 Å². The first-order chi connectivity index (χ1) is 7.39. The minimum atomic E-state index is -3.49. The van der Waals surface area contributed by atoms with Crippen LogP contribution in [-0.2, 0) is 9.84 Å².